The van der Waals surface area contributed by atoms with E-state index in [0.717, 1.165) is 11.9 Å². The normalized spacial score (nSPS) is 39.1. The first-order valence-electron chi connectivity index (χ1n) is 12.2. The highest BCUT2D eigenvalue weighted by Crippen LogP contribution is 2.30. The van der Waals surface area contributed by atoms with Crippen LogP contribution in [0.3, 0.4) is 0 Å². The molecule has 132 valence electrons. The summed E-state index contributed by atoms with van der Waals surface area (Å²) in [7, 11) is 1.14. The molecule has 0 bridgehead atoms. The van der Waals surface area contributed by atoms with Crippen LogP contribution in [-0.2, 0) is 0 Å². The molecule has 1 unspecified atom stereocenters. The van der Waals surface area contributed by atoms with Crippen LogP contribution in [0.2, 0.25) is 0 Å². The van der Waals surface area contributed by atoms with Crippen molar-refractivity contribution >= 4 is 5.78 Å². The lowest BCUT2D eigenvalue weighted by molar-refractivity contribution is 0.0549. The van der Waals surface area contributed by atoms with Crippen LogP contribution in [-0.4, -0.2) is 34.9 Å². The number of nitrogens with zero attached hydrogens (tertiary/aromatic N) is 1. The summed E-state index contributed by atoms with van der Waals surface area (Å²) < 4.78 is 68.7. The van der Waals surface area contributed by atoms with Crippen molar-refractivity contribution in [2.24, 2.45) is 0 Å². The number of carbonyl (C=O) groups is 1. The highest BCUT2D eigenvalue weighted by molar-refractivity contribution is 5.96. The molecule has 2 aromatic carbocycles. The van der Waals surface area contributed by atoms with Crippen LogP contribution in [0.1, 0.15) is 65.0 Å². The molecule has 1 saturated heterocycles. The number of aliphatic hydroxyl groups excluding tert-OH is 1. The van der Waals surface area contributed by atoms with Crippen LogP contribution in [0.25, 0.3) is 0 Å². The molecule has 0 saturated carbocycles. The fraction of sp³-hybridized carbons (Fsp3) is 0.409. The maximum Gasteiger partial charge on any atom is 0.164 e. The first kappa shape index (κ1) is 10.2. The first-order chi connectivity index (χ1) is 15.1. The number of hydrogen-bond acceptors (Lipinski definition) is 3. The Labute approximate surface area is 161 Å². The van der Waals surface area contributed by atoms with Gasteiger partial charge in [-0.3, -0.25) is 9.69 Å². The molecule has 0 aromatic heterocycles. The van der Waals surface area contributed by atoms with Gasteiger partial charge in [0.1, 0.15) is 0 Å². The van der Waals surface area contributed by atoms with E-state index < -0.39 is 55.9 Å². The third-order valence-corrected chi connectivity index (χ3v) is 4.22. The Balaban J connectivity index is 2.09. The van der Waals surface area contributed by atoms with Crippen LogP contribution < -0.4 is 0 Å². The molecule has 1 aliphatic heterocycles. The highest BCUT2D eigenvalue weighted by atomic mass is 16.3. The Morgan fingerprint density at radius 2 is 1.76 bits per heavy atom. The molecular formula is C22H27NO2. The number of ketones is 1. The molecule has 3 heteroatoms. The number of piperidine rings is 1. The molecule has 0 radical (unpaired) electrons. The van der Waals surface area contributed by atoms with E-state index in [4.69, 9.17) is 11.0 Å². The lowest BCUT2D eigenvalue weighted by Crippen LogP contribution is -2.45. The topological polar surface area (TPSA) is 40.5 Å². The molecule has 3 atom stereocenters. The third-order valence-electron chi connectivity index (χ3n) is 4.22. The molecule has 2 aromatic rings. The van der Waals surface area contributed by atoms with E-state index in [2.05, 4.69) is 0 Å². The third kappa shape index (κ3) is 4.56. The second-order valence-electron chi connectivity index (χ2n) is 5.92. The number of likely N-dealkylation sites (tertiary alicyclic amines) is 1. The van der Waals surface area contributed by atoms with Crippen LogP contribution in [0.4, 0.5) is 0 Å². The van der Waals surface area contributed by atoms with Crippen LogP contribution in [0.5, 0.6) is 0 Å². The molecule has 1 aliphatic rings. The zero-order valence-corrected chi connectivity index (χ0v) is 14.1. The number of carbonyl (C=O) groups excluding carboxylic acids is 1. The number of benzene rings is 2. The van der Waals surface area contributed by atoms with Crippen molar-refractivity contribution in [3.63, 3.8) is 0 Å². The average Bonchev–Trinajstić information content (AvgIpc) is 2.78. The van der Waals surface area contributed by atoms with Crippen molar-refractivity contribution in [2.75, 3.05) is 7.05 Å². The Morgan fingerprint density at radius 1 is 1.16 bits per heavy atom. The van der Waals surface area contributed by atoms with Crippen molar-refractivity contribution in [1.82, 2.24) is 4.90 Å². The lowest BCUT2D eigenvalue weighted by Gasteiger charge is -2.40. The van der Waals surface area contributed by atoms with Gasteiger partial charge in [0, 0.05) is 35.0 Å². The minimum Gasteiger partial charge on any atom is -0.388 e. The minimum absolute atomic E-state index is 0.197. The quantitative estimate of drug-likeness (QED) is 0.796. The zero-order valence-electron chi connectivity index (χ0n) is 22.1. The Bertz CT molecular complexity index is 1000. The lowest BCUT2D eigenvalue weighted by atomic mass is 9.88. The Morgan fingerprint density at radius 3 is 2.44 bits per heavy atom. The standard InChI is InChI=1S/C22H27NO2/c1-23-19(15-21(24)17-9-4-2-5-10-17)13-8-14-20(23)16-22(25)18-11-6-3-7-12-18/h2-7,9-12,19-21,24H,8,13-16H2,1H3/t19-,20+,21?/m0/s1/i8D2,13D2,14D2,19D,20D. The molecule has 0 aliphatic carbocycles. The summed E-state index contributed by atoms with van der Waals surface area (Å²) >= 11 is 0. The van der Waals surface area contributed by atoms with E-state index in [1.54, 1.807) is 48.5 Å². The van der Waals surface area contributed by atoms with Gasteiger partial charge in [0.2, 0.25) is 0 Å². The van der Waals surface area contributed by atoms with Gasteiger partial charge in [-0.15, -0.1) is 0 Å². The summed E-state index contributed by atoms with van der Waals surface area (Å²) in [5.41, 5.74) is 0.570. The maximum absolute atomic E-state index is 12.9. The fourth-order valence-corrected chi connectivity index (χ4v) is 2.71. The average molecular weight is 346 g/mol. The molecule has 1 heterocycles. The number of rotatable bonds is 6. The zero-order chi connectivity index (χ0) is 24.9. The fourth-order valence-electron chi connectivity index (χ4n) is 2.71. The van der Waals surface area contributed by atoms with Crippen molar-refractivity contribution in [3.8, 4) is 0 Å². The number of hydrogen-bond donors (Lipinski definition) is 1. The van der Waals surface area contributed by atoms with Gasteiger partial charge in [0.05, 0.1) is 6.10 Å². The summed E-state index contributed by atoms with van der Waals surface area (Å²) in [4.78, 5) is 13.7. The van der Waals surface area contributed by atoms with E-state index in [9.17, 15) is 9.90 Å². The summed E-state index contributed by atoms with van der Waals surface area (Å²) in [6.45, 7) is 0. The molecule has 1 fully saturated rings. The van der Waals surface area contributed by atoms with Gasteiger partial charge in [-0.25, -0.2) is 0 Å². The van der Waals surface area contributed by atoms with Crippen molar-refractivity contribution < 1.29 is 20.9 Å². The molecule has 0 spiro atoms. The van der Waals surface area contributed by atoms with Gasteiger partial charge in [-0.1, -0.05) is 67.0 Å². The van der Waals surface area contributed by atoms with E-state index in [1.807, 2.05) is 0 Å². The molecular weight excluding hydrogens is 310 g/mol. The second kappa shape index (κ2) is 8.41. The van der Waals surface area contributed by atoms with Gasteiger partial charge in [-0.2, -0.15) is 0 Å². The van der Waals surface area contributed by atoms with E-state index in [0.29, 0.717) is 5.56 Å². The highest BCUT2D eigenvalue weighted by Gasteiger charge is 2.30. The predicted molar refractivity (Wildman–Crippen MR) is 101 cm³/mol. The molecule has 0 amide bonds. The predicted octanol–water partition coefficient (Wildman–Crippen LogP) is 4.24. The van der Waals surface area contributed by atoms with Gasteiger partial charge in [-0.05, 0) is 31.8 Å². The summed E-state index contributed by atoms with van der Waals surface area (Å²) in [6.07, 6.45) is -12.5. The largest absolute Gasteiger partial charge is 0.388 e. The number of Topliss-reactive ketones (excluding diaryl/α,β-unsaturated/α-hetero) is 1. The monoisotopic (exact) mass is 345 g/mol. The SMILES string of the molecule is [2H]C1([2H])C([2H])([2H])[C@@]([2H])(CC(O)c2ccccc2)N(C)[C@@]([2H])(CC(=O)c2ccccc2)C1([2H])[2H]. The maximum atomic E-state index is 12.9. The van der Waals surface area contributed by atoms with Crippen molar-refractivity contribution in [1.29, 1.82) is 0 Å². The van der Waals surface area contributed by atoms with Crippen molar-refractivity contribution in [3.05, 3.63) is 71.8 Å². The first-order valence-corrected chi connectivity index (χ1v) is 8.19. The Kier molecular flexibility index (Phi) is 3.45. The molecule has 3 rings (SSSR count). The molecule has 3 nitrogen and oxygen atoms in total. The summed E-state index contributed by atoms with van der Waals surface area (Å²) in [6, 6.07) is 10.8. The van der Waals surface area contributed by atoms with Gasteiger partial charge in [0.25, 0.3) is 0 Å². The smallest absolute Gasteiger partial charge is 0.164 e. The minimum atomic E-state index is -3.33. The van der Waals surface area contributed by atoms with Gasteiger partial charge in [0.15, 0.2) is 5.78 Å². The van der Waals surface area contributed by atoms with E-state index in [-0.39, 0.29) is 5.56 Å². The summed E-state index contributed by atoms with van der Waals surface area (Å²) in [5.74, 6) is -0.634. The summed E-state index contributed by atoms with van der Waals surface area (Å²) in [5, 5.41) is 10.8. The van der Waals surface area contributed by atoms with Crippen LogP contribution in [0, 0.1) is 0 Å². The van der Waals surface area contributed by atoms with Crippen LogP contribution >= 0.6 is 0 Å². The molecule has 1 N–H and O–H groups in total. The van der Waals surface area contributed by atoms with E-state index in [1.165, 1.54) is 12.1 Å². The van der Waals surface area contributed by atoms with Gasteiger partial charge < -0.3 is 5.11 Å². The molecule has 25 heavy (non-hydrogen) atoms. The number of aliphatic hydroxyl groups is 1. The van der Waals surface area contributed by atoms with Gasteiger partial charge >= 0.3 is 0 Å². The van der Waals surface area contributed by atoms with E-state index >= 15 is 0 Å². The van der Waals surface area contributed by atoms with Crippen molar-refractivity contribution in [2.45, 2.75) is 50.1 Å². The second-order valence-corrected chi connectivity index (χ2v) is 5.92. The Hall–Kier alpha value is -1.97. The van der Waals surface area contributed by atoms with Crippen LogP contribution in [0.15, 0.2) is 60.7 Å².